The zero-order chi connectivity index (χ0) is 33.2. The lowest BCUT2D eigenvalue weighted by molar-refractivity contribution is -0.198. The van der Waals surface area contributed by atoms with Gasteiger partial charge in [0, 0.05) is 51.8 Å². The van der Waals surface area contributed by atoms with Crippen LogP contribution < -0.4 is 10.1 Å². The molecule has 0 bridgehead atoms. The first kappa shape index (κ1) is 32.4. The molecule has 6 nitrogen and oxygen atoms in total. The Labute approximate surface area is 264 Å². The summed E-state index contributed by atoms with van der Waals surface area (Å²) in [6.07, 6.45) is -6.20. The third-order valence-electron chi connectivity index (χ3n) is 7.20. The van der Waals surface area contributed by atoms with E-state index in [2.05, 4.69) is 10.3 Å². The van der Waals surface area contributed by atoms with Crippen LogP contribution in [0.5, 0.6) is 5.75 Å². The molecule has 4 aromatic carbocycles. The molecule has 1 heterocycles. The van der Waals surface area contributed by atoms with Gasteiger partial charge < -0.3 is 15.2 Å². The van der Waals surface area contributed by atoms with Crippen molar-refractivity contribution in [3.63, 3.8) is 0 Å². The topological polar surface area (TPSA) is 88.5 Å². The number of carbonyl (C=O) groups excluding carboxylic acids is 1. The molecule has 0 saturated heterocycles. The number of nitrogens with one attached hydrogen (secondary N) is 1. The Morgan fingerprint density at radius 1 is 0.935 bits per heavy atom. The summed E-state index contributed by atoms with van der Waals surface area (Å²) in [4.78, 5) is 29.6. The maximum absolute atomic E-state index is 15.0. The van der Waals surface area contributed by atoms with E-state index in [1.54, 1.807) is 36.5 Å². The van der Waals surface area contributed by atoms with Crippen molar-refractivity contribution in [1.29, 1.82) is 0 Å². The highest BCUT2D eigenvalue weighted by Crippen LogP contribution is 2.38. The molecule has 46 heavy (non-hydrogen) atoms. The molecule has 0 spiro atoms. The molecule has 12 heteroatoms. The highest BCUT2D eigenvalue weighted by atomic mass is 35.5. The minimum absolute atomic E-state index is 0.292. The van der Waals surface area contributed by atoms with Crippen LogP contribution in [0.3, 0.4) is 0 Å². The van der Waals surface area contributed by atoms with Crippen LogP contribution in [-0.2, 0) is 11.2 Å². The maximum atomic E-state index is 15.0. The number of alkyl halides is 3. The zero-order valence-electron chi connectivity index (χ0n) is 23.9. The van der Waals surface area contributed by atoms with Crippen molar-refractivity contribution in [1.82, 2.24) is 10.3 Å². The summed E-state index contributed by atoms with van der Waals surface area (Å²) in [5.74, 6) is -6.82. The van der Waals surface area contributed by atoms with E-state index in [4.69, 9.17) is 16.3 Å². The van der Waals surface area contributed by atoms with Gasteiger partial charge in [0.2, 0.25) is 6.10 Å². The normalized spacial score (nSPS) is 12.8. The lowest BCUT2D eigenvalue weighted by Gasteiger charge is -2.22. The van der Waals surface area contributed by atoms with Gasteiger partial charge in [-0.2, -0.15) is 13.2 Å². The molecule has 1 aromatic heterocycles. The number of fused-ring (bicyclic) bond motifs is 1. The quantitative estimate of drug-likeness (QED) is 0.156. The average molecular weight is 655 g/mol. The molecule has 0 aliphatic rings. The van der Waals surface area contributed by atoms with Gasteiger partial charge in [-0.1, -0.05) is 72.3 Å². The minimum atomic E-state index is -4.93. The molecule has 0 fully saturated rings. The van der Waals surface area contributed by atoms with Crippen molar-refractivity contribution in [3.8, 4) is 16.9 Å². The molecular weight excluding hydrogens is 631 g/mol. The number of amides is 1. The van der Waals surface area contributed by atoms with Crippen molar-refractivity contribution < 1.29 is 41.4 Å². The Hall–Kier alpha value is -5.03. The number of benzene rings is 4. The van der Waals surface area contributed by atoms with Gasteiger partial charge in [-0.3, -0.25) is 9.78 Å². The van der Waals surface area contributed by atoms with Gasteiger partial charge in [-0.05, 0) is 30.2 Å². The number of hydrogen-bond acceptors (Lipinski definition) is 4. The standard InChI is InChI=1S/C34H24ClF5N2O4/c1-18-9-11-23(25(35)14-18)24-12-10-20(22-8-5-13-41-30(22)24)15-28(33(44)45)42-32(43)29-26(36)16-21(17-27(29)37)46-31(34(38,39)40)19-6-3-2-4-7-19/h2-14,16-17,28,31H,15H2,1H3,(H,42,43)(H,44,45)/t28-,31+/m0/s1. The second-order valence-corrected chi connectivity index (χ2v) is 10.8. The number of pyridine rings is 1. The van der Waals surface area contributed by atoms with Crippen LogP contribution in [-0.4, -0.2) is 34.2 Å². The van der Waals surface area contributed by atoms with E-state index >= 15 is 8.78 Å². The number of carboxylic acids is 1. The smallest absolute Gasteiger partial charge is 0.429 e. The van der Waals surface area contributed by atoms with E-state index in [1.807, 2.05) is 19.1 Å². The Bertz CT molecular complexity index is 1910. The molecule has 5 rings (SSSR count). The van der Waals surface area contributed by atoms with E-state index in [-0.39, 0.29) is 12.0 Å². The number of halogens is 6. The Balaban J connectivity index is 1.40. The number of aryl methyl sites for hydroxylation is 1. The van der Waals surface area contributed by atoms with Gasteiger partial charge >= 0.3 is 12.1 Å². The number of aliphatic carboxylic acids is 1. The van der Waals surface area contributed by atoms with E-state index in [0.717, 1.165) is 17.7 Å². The third-order valence-corrected chi connectivity index (χ3v) is 7.51. The average Bonchev–Trinajstić information content (AvgIpc) is 2.99. The fraction of sp³-hybridized carbons (Fsp3) is 0.147. The Morgan fingerprint density at radius 3 is 2.24 bits per heavy atom. The van der Waals surface area contributed by atoms with Gasteiger partial charge in [-0.25, -0.2) is 13.6 Å². The molecule has 0 aliphatic heterocycles. The molecule has 236 valence electrons. The fourth-order valence-electron chi connectivity index (χ4n) is 5.04. The SMILES string of the molecule is Cc1ccc(-c2ccc(C[C@H](NC(=O)c3c(F)cc(O[C@H](c4ccccc4)C(F)(F)F)cc3F)C(=O)O)c3cccnc23)c(Cl)c1. The molecule has 0 radical (unpaired) electrons. The van der Waals surface area contributed by atoms with E-state index in [1.165, 1.54) is 18.2 Å². The summed E-state index contributed by atoms with van der Waals surface area (Å²) >= 11 is 6.48. The van der Waals surface area contributed by atoms with Crippen LogP contribution in [0, 0.1) is 18.6 Å². The zero-order valence-corrected chi connectivity index (χ0v) is 24.7. The highest BCUT2D eigenvalue weighted by Gasteiger charge is 2.43. The van der Waals surface area contributed by atoms with E-state index in [0.29, 0.717) is 44.7 Å². The molecule has 0 saturated carbocycles. The molecule has 1 amide bonds. The van der Waals surface area contributed by atoms with Crippen LogP contribution in [0.4, 0.5) is 22.0 Å². The Kier molecular flexibility index (Phi) is 9.24. The van der Waals surface area contributed by atoms with E-state index < -0.39 is 53.1 Å². The lowest BCUT2D eigenvalue weighted by Crippen LogP contribution is -2.43. The van der Waals surface area contributed by atoms with Gasteiger partial charge in [0.05, 0.1) is 5.52 Å². The van der Waals surface area contributed by atoms with Crippen LogP contribution in [0.1, 0.15) is 33.2 Å². The summed E-state index contributed by atoms with van der Waals surface area (Å²) in [6.45, 7) is 1.89. The maximum Gasteiger partial charge on any atom is 0.429 e. The summed E-state index contributed by atoms with van der Waals surface area (Å²) in [7, 11) is 0. The number of carboxylic acid groups (broad SMARTS) is 1. The number of carbonyl (C=O) groups is 2. The lowest BCUT2D eigenvalue weighted by atomic mass is 9.94. The molecular formula is C34H24ClF5N2O4. The number of nitrogens with zero attached hydrogens (tertiary/aromatic N) is 1. The van der Waals surface area contributed by atoms with Gasteiger partial charge in [0.25, 0.3) is 5.91 Å². The van der Waals surface area contributed by atoms with Gasteiger partial charge in [0.15, 0.2) is 0 Å². The van der Waals surface area contributed by atoms with Crippen molar-refractivity contribution in [2.45, 2.75) is 31.7 Å². The summed E-state index contributed by atoms with van der Waals surface area (Å²) in [5.41, 5.74) is 1.84. The molecule has 2 N–H and O–H groups in total. The number of ether oxygens (including phenoxy) is 1. The van der Waals surface area contributed by atoms with Crippen molar-refractivity contribution in [2.24, 2.45) is 0 Å². The first-order valence-electron chi connectivity index (χ1n) is 13.8. The molecule has 2 atom stereocenters. The molecule has 0 aliphatic carbocycles. The minimum Gasteiger partial charge on any atom is -0.480 e. The largest absolute Gasteiger partial charge is 0.480 e. The summed E-state index contributed by atoms with van der Waals surface area (Å²) in [5, 5.41) is 13.1. The third kappa shape index (κ3) is 6.94. The van der Waals surface area contributed by atoms with E-state index in [9.17, 15) is 27.9 Å². The monoisotopic (exact) mass is 654 g/mol. The van der Waals surface area contributed by atoms with Crippen molar-refractivity contribution >= 4 is 34.4 Å². The van der Waals surface area contributed by atoms with Crippen LogP contribution >= 0.6 is 11.6 Å². The van der Waals surface area contributed by atoms with Gasteiger partial charge in [0.1, 0.15) is 29.0 Å². The summed E-state index contributed by atoms with van der Waals surface area (Å²) < 4.78 is 76.1. The summed E-state index contributed by atoms with van der Waals surface area (Å²) in [6, 6.07) is 17.9. The first-order chi connectivity index (χ1) is 21.8. The molecule has 5 aromatic rings. The Morgan fingerprint density at radius 2 is 1.61 bits per heavy atom. The number of hydrogen-bond donors (Lipinski definition) is 2. The number of rotatable bonds is 9. The second-order valence-electron chi connectivity index (χ2n) is 10.4. The van der Waals surface area contributed by atoms with Crippen LogP contribution in [0.15, 0.2) is 91.1 Å². The molecule has 0 unspecified atom stereocenters. The van der Waals surface area contributed by atoms with Crippen LogP contribution in [0.2, 0.25) is 5.02 Å². The van der Waals surface area contributed by atoms with Crippen LogP contribution in [0.25, 0.3) is 22.0 Å². The first-order valence-corrected chi connectivity index (χ1v) is 14.2. The predicted molar refractivity (Wildman–Crippen MR) is 162 cm³/mol. The van der Waals surface area contributed by atoms with Crippen molar-refractivity contribution in [2.75, 3.05) is 0 Å². The fourth-order valence-corrected chi connectivity index (χ4v) is 5.38. The predicted octanol–water partition coefficient (Wildman–Crippen LogP) is 8.25. The number of aromatic nitrogens is 1. The highest BCUT2D eigenvalue weighted by molar-refractivity contribution is 6.33. The van der Waals surface area contributed by atoms with Gasteiger partial charge in [-0.15, -0.1) is 0 Å². The van der Waals surface area contributed by atoms with Crippen molar-refractivity contribution in [3.05, 3.63) is 130 Å². The second kappa shape index (κ2) is 13.1.